The van der Waals surface area contributed by atoms with E-state index in [-0.39, 0.29) is 31.4 Å². The van der Waals surface area contributed by atoms with E-state index in [0.717, 1.165) is 19.1 Å². The molecule has 0 bridgehead atoms. The summed E-state index contributed by atoms with van der Waals surface area (Å²) in [6.07, 6.45) is 0. The first-order chi connectivity index (χ1) is 14.5. The summed E-state index contributed by atoms with van der Waals surface area (Å²) in [6, 6.07) is 7.97. The van der Waals surface area contributed by atoms with E-state index in [0.29, 0.717) is 0 Å². The number of nitrogens with zero attached hydrogens (tertiary/aromatic N) is 3. The van der Waals surface area contributed by atoms with E-state index in [9.17, 15) is 56.1 Å². The van der Waals surface area contributed by atoms with Gasteiger partial charge in [0, 0.05) is 11.6 Å². The van der Waals surface area contributed by atoms with Crippen molar-refractivity contribution in [1.29, 1.82) is 0 Å². The standard InChI is InChI=1S/C16H18N3O12P/c1-12(20,10-6-7-11(17(29)30)9-5-3-2-4-8(9)10)31-32(18-13(21,22)14(18,23)24)19-15(25,26)16(19,27)28/h2-7,20-28H,1H3. The van der Waals surface area contributed by atoms with E-state index >= 15 is 0 Å². The summed E-state index contributed by atoms with van der Waals surface area (Å²) in [5, 5.41) is 101. The second-order valence-corrected chi connectivity index (χ2v) is 8.92. The van der Waals surface area contributed by atoms with Crippen LogP contribution in [0.25, 0.3) is 10.8 Å². The monoisotopic (exact) mass is 475 g/mol. The Kier molecular flexibility index (Phi) is 4.76. The molecule has 0 aromatic heterocycles. The molecule has 0 radical (unpaired) electrons. The first-order valence-electron chi connectivity index (χ1n) is 8.77. The minimum absolute atomic E-state index is 0.0627. The Morgan fingerprint density at radius 1 is 0.875 bits per heavy atom. The van der Waals surface area contributed by atoms with Gasteiger partial charge in [0.25, 0.3) is 5.69 Å². The third kappa shape index (κ3) is 2.98. The molecule has 1 atom stereocenters. The van der Waals surface area contributed by atoms with Gasteiger partial charge >= 0.3 is 23.6 Å². The molecule has 0 spiro atoms. The largest absolute Gasteiger partial charge is 0.362 e. The lowest BCUT2D eigenvalue weighted by Gasteiger charge is -2.31. The van der Waals surface area contributed by atoms with Crippen LogP contribution >= 0.6 is 8.45 Å². The van der Waals surface area contributed by atoms with E-state index in [2.05, 4.69) is 0 Å². The highest BCUT2D eigenvalue weighted by Gasteiger charge is 2.88. The van der Waals surface area contributed by atoms with Crippen molar-refractivity contribution in [1.82, 2.24) is 9.34 Å². The molecule has 16 heteroatoms. The highest BCUT2D eigenvalue weighted by molar-refractivity contribution is 7.48. The highest BCUT2D eigenvalue weighted by Crippen LogP contribution is 2.73. The van der Waals surface area contributed by atoms with Crippen LogP contribution in [0.1, 0.15) is 12.5 Å². The zero-order valence-electron chi connectivity index (χ0n) is 16.0. The van der Waals surface area contributed by atoms with Crippen LogP contribution in [-0.4, -0.2) is 83.9 Å². The predicted molar refractivity (Wildman–Crippen MR) is 101 cm³/mol. The number of nitro benzene ring substituents is 1. The Balaban J connectivity index is 1.79. The Labute approximate surface area is 178 Å². The quantitative estimate of drug-likeness (QED) is 0.0681. The Hall–Kier alpha value is -1.95. The van der Waals surface area contributed by atoms with Crippen LogP contribution < -0.4 is 0 Å². The fourth-order valence-electron chi connectivity index (χ4n) is 3.31. The smallest absolute Gasteiger partial charge is 0.309 e. The molecular formula is C16H18N3O12P. The van der Waals surface area contributed by atoms with Crippen LogP contribution in [0.3, 0.4) is 0 Å². The number of rotatable bonds is 6. The maximum Gasteiger partial charge on any atom is 0.309 e. The Morgan fingerprint density at radius 3 is 1.72 bits per heavy atom. The number of hydrogen-bond acceptors (Lipinski definition) is 14. The Bertz CT molecular complexity index is 1060. The number of aliphatic hydroxyl groups is 9. The van der Waals surface area contributed by atoms with Gasteiger partial charge in [0.2, 0.25) is 8.45 Å². The van der Waals surface area contributed by atoms with Crippen molar-refractivity contribution in [2.75, 3.05) is 0 Å². The van der Waals surface area contributed by atoms with Crippen LogP contribution in [-0.2, 0) is 10.3 Å². The second kappa shape index (κ2) is 6.55. The zero-order chi connectivity index (χ0) is 24.1. The molecule has 2 aromatic carbocycles. The molecular weight excluding hydrogens is 457 g/mol. The van der Waals surface area contributed by atoms with Gasteiger partial charge in [-0.15, -0.1) is 9.34 Å². The first-order valence-corrected chi connectivity index (χ1v) is 9.94. The molecule has 2 saturated heterocycles. The lowest BCUT2D eigenvalue weighted by Crippen LogP contribution is -2.29. The zero-order valence-corrected chi connectivity index (χ0v) is 16.9. The molecule has 15 nitrogen and oxygen atoms in total. The fourth-order valence-corrected chi connectivity index (χ4v) is 5.47. The lowest BCUT2D eigenvalue weighted by molar-refractivity contribution is -0.383. The molecule has 0 saturated carbocycles. The van der Waals surface area contributed by atoms with Crippen molar-refractivity contribution in [2.45, 2.75) is 36.4 Å². The number of hydrogen-bond donors (Lipinski definition) is 9. The van der Waals surface area contributed by atoms with Gasteiger partial charge in [-0.25, -0.2) is 0 Å². The minimum Gasteiger partial charge on any atom is -0.362 e. The van der Waals surface area contributed by atoms with Crippen molar-refractivity contribution in [3.8, 4) is 0 Å². The van der Waals surface area contributed by atoms with E-state index < -0.39 is 42.8 Å². The predicted octanol–water partition coefficient (Wildman–Crippen LogP) is -2.66. The highest BCUT2D eigenvalue weighted by atomic mass is 31.2. The SMILES string of the molecule is CC(O)(OP(N1C(O)(O)C1(O)O)N1C(O)(O)C1(O)O)c1ccc([N+](=O)[O-])c2ccccc12. The van der Waals surface area contributed by atoms with E-state index in [1.807, 2.05) is 0 Å². The third-order valence-corrected chi connectivity index (χ3v) is 7.50. The van der Waals surface area contributed by atoms with Gasteiger partial charge in [0.1, 0.15) is 0 Å². The van der Waals surface area contributed by atoms with Gasteiger partial charge in [0.15, 0.2) is 5.79 Å². The van der Waals surface area contributed by atoms with Gasteiger partial charge < -0.3 is 46.0 Å². The fraction of sp³-hybridized carbons (Fsp3) is 0.375. The van der Waals surface area contributed by atoms with Gasteiger partial charge in [-0.05, 0) is 24.4 Å². The van der Waals surface area contributed by atoms with Gasteiger partial charge in [-0.1, -0.05) is 18.2 Å². The van der Waals surface area contributed by atoms with Crippen LogP contribution in [0, 0.1) is 10.1 Å². The van der Waals surface area contributed by atoms with E-state index in [1.54, 1.807) is 0 Å². The van der Waals surface area contributed by atoms with Crippen molar-refractivity contribution in [3.05, 3.63) is 52.1 Å². The summed E-state index contributed by atoms with van der Waals surface area (Å²) in [5.41, 5.74) is -0.427. The average molecular weight is 475 g/mol. The molecule has 4 rings (SSSR count). The molecule has 174 valence electrons. The lowest BCUT2D eigenvalue weighted by atomic mass is 9.98. The first kappa shape index (κ1) is 23.2. The summed E-state index contributed by atoms with van der Waals surface area (Å²) in [7, 11) is -3.31. The van der Waals surface area contributed by atoms with E-state index in [1.165, 1.54) is 24.3 Å². The number of nitro groups is 1. The van der Waals surface area contributed by atoms with Crippen LogP contribution in [0.4, 0.5) is 5.69 Å². The van der Waals surface area contributed by atoms with Crippen molar-refractivity contribution >= 4 is 24.9 Å². The third-order valence-electron chi connectivity index (χ3n) is 5.18. The normalized spacial score (nSPS) is 25.0. The molecule has 32 heavy (non-hydrogen) atoms. The molecule has 0 amide bonds. The van der Waals surface area contributed by atoms with Crippen molar-refractivity contribution < 1.29 is 55.4 Å². The van der Waals surface area contributed by atoms with Crippen molar-refractivity contribution in [3.63, 3.8) is 0 Å². The molecule has 2 aliphatic heterocycles. The number of benzene rings is 2. The molecule has 2 fully saturated rings. The summed E-state index contributed by atoms with van der Waals surface area (Å²) < 4.78 is 5.22. The summed E-state index contributed by atoms with van der Waals surface area (Å²) >= 11 is 0. The summed E-state index contributed by atoms with van der Waals surface area (Å²) in [4.78, 5) is 10.7. The summed E-state index contributed by atoms with van der Waals surface area (Å²) in [6.45, 7) is 0.989. The van der Waals surface area contributed by atoms with Crippen molar-refractivity contribution in [2.24, 2.45) is 0 Å². The molecule has 2 aliphatic rings. The number of fused-ring (bicyclic) bond motifs is 1. The van der Waals surface area contributed by atoms with Crippen LogP contribution in [0.5, 0.6) is 0 Å². The Morgan fingerprint density at radius 2 is 1.31 bits per heavy atom. The molecule has 1 unspecified atom stereocenters. The van der Waals surface area contributed by atoms with Gasteiger partial charge in [0.05, 0.1) is 10.3 Å². The maximum absolute atomic E-state index is 11.3. The average Bonchev–Trinajstić information content (AvgIpc) is 3.27. The molecule has 2 heterocycles. The second-order valence-electron chi connectivity index (χ2n) is 7.43. The van der Waals surface area contributed by atoms with Gasteiger partial charge in [-0.3, -0.25) is 14.6 Å². The van der Waals surface area contributed by atoms with Gasteiger partial charge in [-0.2, -0.15) is 0 Å². The number of non-ortho nitro benzene ring substituents is 1. The molecule has 0 aliphatic carbocycles. The minimum atomic E-state index is -3.42. The molecule has 2 aromatic rings. The summed E-state index contributed by atoms with van der Waals surface area (Å²) in [5.74, 6) is -16.2. The maximum atomic E-state index is 11.3. The topological polar surface area (TPSA) is 240 Å². The molecule has 9 N–H and O–H groups in total. The van der Waals surface area contributed by atoms with Crippen LogP contribution in [0.15, 0.2) is 36.4 Å². The van der Waals surface area contributed by atoms with E-state index in [4.69, 9.17) is 4.52 Å². The van der Waals surface area contributed by atoms with Crippen LogP contribution in [0.2, 0.25) is 0 Å².